The summed E-state index contributed by atoms with van der Waals surface area (Å²) in [6.07, 6.45) is 4.51. The summed E-state index contributed by atoms with van der Waals surface area (Å²) >= 11 is 0. The van der Waals surface area contributed by atoms with E-state index in [0.29, 0.717) is 17.8 Å². The number of anilines is 2. The largest absolute Gasteiger partial charge is 0.452 e. The first-order chi connectivity index (χ1) is 16.6. The van der Waals surface area contributed by atoms with E-state index < -0.39 is 5.97 Å². The van der Waals surface area contributed by atoms with Crippen molar-refractivity contribution in [2.45, 2.75) is 32.2 Å². The zero-order chi connectivity index (χ0) is 23.5. The van der Waals surface area contributed by atoms with E-state index in [-0.39, 0.29) is 12.5 Å². The van der Waals surface area contributed by atoms with Gasteiger partial charge in [0.2, 0.25) is 0 Å². The molecule has 0 unspecified atom stereocenters. The highest BCUT2D eigenvalue weighted by molar-refractivity contribution is 6.06. The molecule has 3 heterocycles. The maximum Gasteiger partial charge on any atom is 0.339 e. The first-order valence-electron chi connectivity index (χ1n) is 12.0. The van der Waals surface area contributed by atoms with Crippen LogP contribution in [0.1, 0.15) is 40.9 Å². The number of rotatable bonds is 5. The molecule has 5 rings (SSSR count). The van der Waals surface area contributed by atoms with Crippen LogP contribution in [-0.2, 0) is 22.5 Å². The van der Waals surface area contributed by atoms with Crippen molar-refractivity contribution >= 4 is 34.2 Å². The van der Waals surface area contributed by atoms with Crippen LogP contribution in [0.25, 0.3) is 10.9 Å². The van der Waals surface area contributed by atoms with E-state index in [1.165, 1.54) is 24.9 Å². The van der Waals surface area contributed by atoms with Crippen molar-refractivity contribution in [2.24, 2.45) is 0 Å². The van der Waals surface area contributed by atoms with Gasteiger partial charge in [-0.3, -0.25) is 9.78 Å². The molecule has 1 fully saturated rings. The number of carbonyl (C=O) groups is 2. The van der Waals surface area contributed by atoms with E-state index >= 15 is 0 Å². The molecule has 0 saturated carbocycles. The maximum absolute atomic E-state index is 13.2. The van der Waals surface area contributed by atoms with Crippen LogP contribution in [0.15, 0.2) is 48.5 Å². The third-order valence-electron chi connectivity index (χ3n) is 6.65. The van der Waals surface area contributed by atoms with Crippen molar-refractivity contribution in [1.82, 2.24) is 9.88 Å². The normalized spacial score (nSPS) is 16.2. The number of piperidine rings is 1. The van der Waals surface area contributed by atoms with Crippen molar-refractivity contribution in [3.05, 3.63) is 65.4 Å². The van der Waals surface area contributed by atoms with Crippen LogP contribution in [0.4, 0.5) is 11.4 Å². The molecule has 0 spiro atoms. The fourth-order valence-electron chi connectivity index (χ4n) is 4.87. The van der Waals surface area contributed by atoms with Gasteiger partial charge in [-0.15, -0.1) is 0 Å². The Hall–Kier alpha value is -3.45. The number of nitrogens with one attached hydrogen (secondary N) is 1. The number of carbonyl (C=O) groups excluding carboxylic acids is 2. The van der Waals surface area contributed by atoms with Gasteiger partial charge in [0.15, 0.2) is 6.61 Å². The fraction of sp³-hybridized carbons (Fsp3) is 0.370. The number of nitrogens with zero attached hydrogens (tertiary/aromatic N) is 3. The van der Waals surface area contributed by atoms with Crippen molar-refractivity contribution in [3.63, 3.8) is 0 Å². The average Bonchev–Trinajstić information content (AvgIpc) is 2.87. The molecule has 7 nitrogen and oxygen atoms in total. The summed E-state index contributed by atoms with van der Waals surface area (Å²) in [5, 5.41) is 3.59. The number of hydrogen-bond donors (Lipinski definition) is 1. The number of ether oxygens (including phenoxy) is 1. The van der Waals surface area contributed by atoms with Gasteiger partial charge in [0, 0.05) is 60.6 Å². The Morgan fingerprint density at radius 1 is 1.00 bits per heavy atom. The Bertz CT molecular complexity index is 1200. The number of pyridine rings is 1. The molecule has 34 heavy (non-hydrogen) atoms. The summed E-state index contributed by atoms with van der Waals surface area (Å²) in [7, 11) is 2.03. The molecule has 7 heteroatoms. The monoisotopic (exact) mass is 458 g/mol. The van der Waals surface area contributed by atoms with Gasteiger partial charge in [-0.05, 0) is 56.6 Å². The zero-order valence-corrected chi connectivity index (χ0v) is 19.5. The molecule has 1 aromatic heterocycles. The van der Waals surface area contributed by atoms with E-state index in [0.717, 1.165) is 48.2 Å². The number of amides is 1. The van der Waals surface area contributed by atoms with E-state index in [1.54, 1.807) is 0 Å². The van der Waals surface area contributed by atoms with Crippen LogP contribution in [0.3, 0.4) is 0 Å². The lowest BCUT2D eigenvalue weighted by atomic mass is 9.96. The standard InChI is InChI=1S/C27H30N4O3/c1-30-16-13-24-22(17-30)26(21-7-3-4-8-23(21)29-24)27(33)34-18-25(32)28-19-9-11-20(12-10-19)31-14-5-2-6-15-31/h3-4,7-12H,2,5-6,13-18H2,1H3,(H,28,32). The molecule has 1 N–H and O–H groups in total. The van der Waals surface area contributed by atoms with E-state index in [9.17, 15) is 9.59 Å². The zero-order valence-electron chi connectivity index (χ0n) is 19.5. The summed E-state index contributed by atoms with van der Waals surface area (Å²) in [4.78, 5) is 35.0. The van der Waals surface area contributed by atoms with Gasteiger partial charge in [-0.25, -0.2) is 4.79 Å². The Morgan fingerprint density at radius 3 is 2.56 bits per heavy atom. The average molecular weight is 459 g/mol. The van der Waals surface area contributed by atoms with Gasteiger partial charge in [0.1, 0.15) is 0 Å². The predicted molar refractivity (Wildman–Crippen MR) is 133 cm³/mol. The smallest absolute Gasteiger partial charge is 0.339 e. The number of fused-ring (bicyclic) bond motifs is 2. The number of benzene rings is 2. The van der Waals surface area contributed by atoms with Crippen LogP contribution >= 0.6 is 0 Å². The third-order valence-corrected chi connectivity index (χ3v) is 6.65. The topological polar surface area (TPSA) is 74.8 Å². The lowest BCUT2D eigenvalue weighted by molar-refractivity contribution is -0.119. The predicted octanol–water partition coefficient (Wildman–Crippen LogP) is 4.01. The van der Waals surface area contributed by atoms with Crippen molar-refractivity contribution < 1.29 is 14.3 Å². The Kier molecular flexibility index (Phi) is 6.45. The molecular weight excluding hydrogens is 428 g/mol. The van der Waals surface area contributed by atoms with Gasteiger partial charge >= 0.3 is 5.97 Å². The fourth-order valence-corrected chi connectivity index (χ4v) is 4.87. The van der Waals surface area contributed by atoms with E-state index in [4.69, 9.17) is 9.72 Å². The number of aromatic nitrogens is 1. The molecule has 0 radical (unpaired) electrons. The first kappa shape index (κ1) is 22.3. The number of likely N-dealkylation sites (N-methyl/N-ethyl adjacent to an activating group) is 1. The first-order valence-corrected chi connectivity index (χ1v) is 12.0. The molecule has 0 atom stereocenters. The molecule has 2 aliphatic heterocycles. The summed E-state index contributed by atoms with van der Waals surface area (Å²) in [6.45, 7) is 3.34. The van der Waals surface area contributed by atoms with Crippen molar-refractivity contribution in [2.75, 3.05) is 43.5 Å². The lowest BCUT2D eigenvalue weighted by Gasteiger charge is -2.28. The van der Waals surface area contributed by atoms with Crippen LogP contribution < -0.4 is 10.2 Å². The Morgan fingerprint density at radius 2 is 1.76 bits per heavy atom. The lowest BCUT2D eigenvalue weighted by Crippen LogP contribution is -2.30. The summed E-state index contributed by atoms with van der Waals surface area (Å²) in [6, 6.07) is 15.4. The number of para-hydroxylation sites is 1. The van der Waals surface area contributed by atoms with E-state index in [1.807, 2.05) is 55.6 Å². The molecule has 2 aromatic carbocycles. The van der Waals surface area contributed by atoms with Gasteiger partial charge in [-0.2, -0.15) is 0 Å². The second kappa shape index (κ2) is 9.81. The number of hydrogen-bond acceptors (Lipinski definition) is 6. The van der Waals surface area contributed by atoms with E-state index in [2.05, 4.69) is 15.1 Å². The molecule has 2 aliphatic rings. The highest BCUT2D eigenvalue weighted by Crippen LogP contribution is 2.28. The number of esters is 1. The van der Waals surface area contributed by atoms with Gasteiger partial charge < -0.3 is 19.9 Å². The van der Waals surface area contributed by atoms with Crippen LogP contribution in [0.2, 0.25) is 0 Å². The Balaban J connectivity index is 1.26. The Labute approximate surface area is 199 Å². The van der Waals surface area contributed by atoms with Crippen molar-refractivity contribution in [3.8, 4) is 0 Å². The van der Waals surface area contributed by atoms with Crippen LogP contribution in [0, 0.1) is 0 Å². The SMILES string of the molecule is CN1CCc2nc3ccccc3c(C(=O)OCC(=O)Nc3ccc(N4CCCCC4)cc3)c2C1. The second-order valence-electron chi connectivity index (χ2n) is 9.14. The highest BCUT2D eigenvalue weighted by Gasteiger charge is 2.25. The maximum atomic E-state index is 13.2. The molecular formula is C27H30N4O3. The van der Waals surface area contributed by atoms with Gasteiger partial charge in [0.05, 0.1) is 11.1 Å². The second-order valence-corrected chi connectivity index (χ2v) is 9.14. The minimum Gasteiger partial charge on any atom is -0.452 e. The molecule has 176 valence electrons. The van der Waals surface area contributed by atoms with Crippen LogP contribution in [0.5, 0.6) is 0 Å². The molecule has 0 bridgehead atoms. The molecule has 1 saturated heterocycles. The van der Waals surface area contributed by atoms with Gasteiger partial charge in [-0.1, -0.05) is 18.2 Å². The minimum absolute atomic E-state index is 0.339. The molecule has 3 aromatic rings. The van der Waals surface area contributed by atoms with Crippen LogP contribution in [-0.4, -0.2) is 55.0 Å². The van der Waals surface area contributed by atoms with Crippen molar-refractivity contribution in [1.29, 1.82) is 0 Å². The van der Waals surface area contributed by atoms with Gasteiger partial charge in [0.25, 0.3) is 5.91 Å². The molecule has 1 amide bonds. The summed E-state index contributed by atoms with van der Waals surface area (Å²) in [5.74, 6) is -0.843. The quantitative estimate of drug-likeness (QED) is 0.583. The summed E-state index contributed by atoms with van der Waals surface area (Å²) < 4.78 is 5.48. The molecule has 0 aliphatic carbocycles. The minimum atomic E-state index is -0.485. The highest BCUT2D eigenvalue weighted by atomic mass is 16.5. The third kappa shape index (κ3) is 4.75. The summed E-state index contributed by atoms with van der Waals surface area (Å²) in [5.41, 5.74) is 4.98.